The summed E-state index contributed by atoms with van der Waals surface area (Å²) in [5.74, 6) is -6.93. The van der Waals surface area contributed by atoms with Crippen molar-refractivity contribution in [3.63, 3.8) is 0 Å². The lowest BCUT2D eigenvalue weighted by atomic mass is 9.92. The van der Waals surface area contributed by atoms with Crippen LogP contribution in [0.3, 0.4) is 0 Å². The van der Waals surface area contributed by atoms with Gasteiger partial charge in [0.05, 0.1) is 0 Å². The summed E-state index contributed by atoms with van der Waals surface area (Å²) in [6.45, 7) is 0. The standard InChI is InChI=1S/C5H2F10O2/c6-2(17,5(13,14)15)1(16,3(7,8)9)4(10,11)12/h16-17H. The van der Waals surface area contributed by atoms with E-state index in [0.717, 1.165) is 0 Å². The molecule has 17 heavy (non-hydrogen) atoms. The van der Waals surface area contributed by atoms with Crippen LogP contribution >= 0.6 is 0 Å². The van der Waals surface area contributed by atoms with E-state index in [2.05, 4.69) is 0 Å². The highest BCUT2D eigenvalue weighted by molar-refractivity contribution is 5.07. The van der Waals surface area contributed by atoms with Crippen LogP contribution in [0.2, 0.25) is 0 Å². The summed E-state index contributed by atoms with van der Waals surface area (Å²) in [5.41, 5.74) is -6.98. The molecule has 0 aliphatic carbocycles. The van der Waals surface area contributed by atoms with E-state index >= 15 is 0 Å². The summed E-state index contributed by atoms with van der Waals surface area (Å²) in [5, 5.41) is 15.7. The van der Waals surface area contributed by atoms with Crippen molar-refractivity contribution in [1.82, 2.24) is 0 Å². The SMILES string of the molecule is OC(F)(C(F)(F)F)C(O)(C(F)(F)F)C(F)(F)F. The molecule has 0 bridgehead atoms. The van der Waals surface area contributed by atoms with E-state index < -0.39 is 30.0 Å². The van der Waals surface area contributed by atoms with Crippen molar-refractivity contribution in [3.8, 4) is 0 Å². The van der Waals surface area contributed by atoms with Crippen LogP contribution in [0.5, 0.6) is 0 Å². The minimum atomic E-state index is -7.13. The number of aliphatic hydroxyl groups is 2. The van der Waals surface area contributed by atoms with Gasteiger partial charge in [-0.15, -0.1) is 0 Å². The first-order valence-electron chi connectivity index (χ1n) is 3.34. The molecule has 0 aromatic heterocycles. The summed E-state index contributed by atoms with van der Waals surface area (Å²) in [7, 11) is 0. The summed E-state index contributed by atoms with van der Waals surface area (Å²) in [6, 6.07) is 0. The highest BCUT2D eigenvalue weighted by atomic mass is 19.4. The number of hydrogen-bond donors (Lipinski definition) is 2. The molecule has 12 heteroatoms. The second kappa shape index (κ2) is 3.60. The predicted molar refractivity (Wildman–Crippen MR) is 29.2 cm³/mol. The molecule has 0 rings (SSSR count). The highest BCUT2D eigenvalue weighted by Crippen LogP contribution is 2.54. The van der Waals surface area contributed by atoms with Gasteiger partial charge in [0.1, 0.15) is 0 Å². The van der Waals surface area contributed by atoms with E-state index in [1.54, 1.807) is 0 Å². The molecule has 104 valence electrons. The third-order valence-electron chi connectivity index (χ3n) is 1.68. The molecule has 2 N–H and O–H groups in total. The fraction of sp³-hybridized carbons (Fsp3) is 1.00. The Morgan fingerprint density at radius 1 is 0.471 bits per heavy atom. The van der Waals surface area contributed by atoms with Crippen molar-refractivity contribution < 1.29 is 54.1 Å². The van der Waals surface area contributed by atoms with E-state index in [1.807, 2.05) is 0 Å². The Balaban J connectivity index is 6.04. The molecule has 0 fully saturated rings. The van der Waals surface area contributed by atoms with Crippen molar-refractivity contribution in [2.45, 2.75) is 30.0 Å². The van der Waals surface area contributed by atoms with E-state index in [9.17, 15) is 43.9 Å². The Hall–Kier alpha value is -0.780. The zero-order chi connectivity index (χ0) is 14.5. The molecular formula is C5H2F10O2. The lowest BCUT2D eigenvalue weighted by Gasteiger charge is -2.39. The Morgan fingerprint density at radius 2 is 0.706 bits per heavy atom. The van der Waals surface area contributed by atoms with Gasteiger partial charge in [0.2, 0.25) is 0 Å². The van der Waals surface area contributed by atoms with Gasteiger partial charge in [-0.1, -0.05) is 0 Å². The average Bonchev–Trinajstić information content (AvgIpc) is 1.95. The van der Waals surface area contributed by atoms with Crippen molar-refractivity contribution in [2.24, 2.45) is 0 Å². The number of halogens is 10. The second-order valence-corrected chi connectivity index (χ2v) is 2.83. The molecule has 0 heterocycles. The normalized spacial score (nSPS) is 19.1. The first-order chi connectivity index (χ1) is 7.00. The van der Waals surface area contributed by atoms with Crippen molar-refractivity contribution in [2.75, 3.05) is 0 Å². The fourth-order valence-corrected chi connectivity index (χ4v) is 0.741. The largest absolute Gasteiger partial charge is 0.452 e. The van der Waals surface area contributed by atoms with Gasteiger partial charge in [0.25, 0.3) is 0 Å². The van der Waals surface area contributed by atoms with Gasteiger partial charge < -0.3 is 10.2 Å². The lowest BCUT2D eigenvalue weighted by Crippen LogP contribution is -2.73. The zero-order valence-corrected chi connectivity index (χ0v) is 7.17. The second-order valence-electron chi connectivity index (χ2n) is 2.83. The van der Waals surface area contributed by atoms with Crippen LogP contribution in [-0.2, 0) is 0 Å². The summed E-state index contributed by atoms with van der Waals surface area (Å²) >= 11 is 0. The fourth-order valence-electron chi connectivity index (χ4n) is 0.741. The molecule has 1 unspecified atom stereocenters. The third-order valence-corrected chi connectivity index (χ3v) is 1.68. The van der Waals surface area contributed by atoms with Crippen molar-refractivity contribution in [1.29, 1.82) is 0 Å². The summed E-state index contributed by atoms with van der Waals surface area (Å²) in [6.07, 6.45) is -21.3. The van der Waals surface area contributed by atoms with Gasteiger partial charge in [-0.3, -0.25) is 0 Å². The molecule has 0 aliphatic heterocycles. The molecule has 0 aliphatic rings. The molecular weight excluding hydrogens is 282 g/mol. The lowest BCUT2D eigenvalue weighted by molar-refractivity contribution is -0.480. The zero-order valence-electron chi connectivity index (χ0n) is 7.17. The molecule has 0 radical (unpaired) electrons. The van der Waals surface area contributed by atoms with Crippen LogP contribution in [0.15, 0.2) is 0 Å². The van der Waals surface area contributed by atoms with Crippen LogP contribution < -0.4 is 0 Å². The highest BCUT2D eigenvalue weighted by Gasteiger charge is 2.87. The van der Waals surface area contributed by atoms with Crippen LogP contribution in [0.25, 0.3) is 0 Å². The maximum Gasteiger partial charge on any atom is 0.452 e. The number of rotatable bonds is 1. The van der Waals surface area contributed by atoms with Crippen LogP contribution in [-0.4, -0.2) is 40.2 Å². The molecule has 0 aromatic carbocycles. The first kappa shape index (κ1) is 16.2. The van der Waals surface area contributed by atoms with E-state index in [0.29, 0.717) is 0 Å². The van der Waals surface area contributed by atoms with Gasteiger partial charge in [-0.05, 0) is 0 Å². The Kier molecular flexibility index (Phi) is 3.44. The topological polar surface area (TPSA) is 40.5 Å². The smallest absolute Gasteiger partial charge is 0.369 e. The van der Waals surface area contributed by atoms with Crippen LogP contribution in [0.1, 0.15) is 0 Å². The monoisotopic (exact) mass is 284 g/mol. The van der Waals surface area contributed by atoms with Gasteiger partial charge in [0.15, 0.2) is 0 Å². The van der Waals surface area contributed by atoms with Crippen LogP contribution in [0.4, 0.5) is 43.9 Å². The van der Waals surface area contributed by atoms with Gasteiger partial charge in [-0.25, -0.2) is 0 Å². The molecule has 2 nitrogen and oxygen atoms in total. The average molecular weight is 284 g/mol. The molecule has 0 saturated heterocycles. The Morgan fingerprint density at radius 3 is 0.765 bits per heavy atom. The molecule has 0 spiro atoms. The molecule has 0 saturated carbocycles. The summed E-state index contributed by atoms with van der Waals surface area (Å²) < 4.78 is 118. The van der Waals surface area contributed by atoms with Crippen molar-refractivity contribution in [3.05, 3.63) is 0 Å². The minimum Gasteiger partial charge on any atom is -0.369 e. The number of hydrogen-bond acceptors (Lipinski definition) is 2. The molecule has 0 aromatic rings. The summed E-state index contributed by atoms with van der Waals surface area (Å²) in [4.78, 5) is 0. The minimum absolute atomic E-state index is 6.93. The molecule has 1 atom stereocenters. The van der Waals surface area contributed by atoms with E-state index in [-0.39, 0.29) is 0 Å². The van der Waals surface area contributed by atoms with E-state index in [4.69, 9.17) is 10.2 Å². The van der Waals surface area contributed by atoms with E-state index in [1.165, 1.54) is 0 Å². The van der Waals surface area contributed by atoms with Gasteiger partial charge in [-0.2, -0.15) is 43.9 Å². The first-order valence-corrected chi connectivity index (χ1v) is 3.34. The Labute approximate surface area is 85.4 Å². The third kappa shape index (κ3) is 2.14. The molecule has 0 amide bonds. The maximum absolute atomic E-state index is 12.4. The number of alkyl halides is 10. The predicted octanol–water partition coefficient (Wildman–Crippen LogP) is 2.06. The van der Waals surface area contributed by atoms with Gasteiger partial charge in [0, 0.05) is 0 Å². The van der Waals surface area contributed by atoms with Crippen LogP contribution in [0, 0.1) is 0 Å². The maximum atomic E-state index is 12.4. The van der Waals surface area contributed by atoms with Crippen molar-refractivity contribution >= 4 is 0 Å². The Bertz CT molecular complexity index is 269. The van der Waals surface area contributed by atoms with Gasteiger partial charge >= 0.3 is 30.0 Å². The quantitative estimate of drug-likeness (QED) is 0.724.